The van der Waals surface area contributed by atoms with Crippen molar-refractivity contribution in [1.29, 1.82) is 0 Å². The van der Waals surface area contributed by atoms with Crippen LogP contribution in [0.25, 0.3) is 0 Å². The van der Waals surface area contributed by atoms with E-state index in [1.165, 1.54) is 13.2 Å². The standard InChI is InChI=1S/C16H23N3O5/c1-16(2,3)24-15(21)18-12-9-11(14(20)22-4)10-13(17-12)19-5-7-23-8-6-19/h9-10H,5-8H2,1-4H3,(H,17,18,21). The van der Waals surface area contributed by atoms with Crippen molar-refractivity contribution < 1.29 is 23.8 Å². The largest absolute Gasteiger partial charge is 0.465 e. The minimum absolute atomic E-state index is 0.230. The minimum Gasteiger partial charge on any atom is -0.465 e. The van der Waals surface area contributed by atoms with Gasteiger partial charge in [-0.3, -0.25) is 5.32 Å². The number of rotatable bonds is 3. The van der Waals surface area contributed by atoms with Crippen LogP contribution in [-0.2, 0) is 14.2 Å². The summed E-state index contributed by atoms with van der Waals surface area (Å²) in [6.07, 6.45) is -0.634. The lowest BCUT2D eigenvalue weighted by molar-refractivity contribution is 0.0596. The summed E-state index contributed by atoms with van der Waals surface area (Å²) in [5.41, 5.74) is -0.322. The van der Waals surface area contributed by atoms with Crippen LogP contribution in [-0.4, -0.2) is 56.1 Å². The van der Waals surface area contributed by atoms with Gasteiger partial charge in [0.1, 0.15) is 17.2 Å². The summed E-state index contributed by atoms with van der Waals surface area (Å²) in [7, 11) is 1.30. The van der Waals surface area contributed by atoms with Crippen LogP contribution in [0.2, 0.25) is 0 Å². The van der Waals surface area contributed by atoms with E-state index in [2.05, 4.69) is 10.3 Å². The number of hydrogen-bond donors (Lipinski definition) is 1. The lowest BCUT2D eigenvalue weighted by Crippen LogP contribution is -2.37. The molecule has 1 aliphatic rings. The smallest absolute Gasteiger partial charge is 0.413 e. The van der Waals surface area contributed by atoms with Crippen molar-refractivity contribution in [3.05, 3.63) is 17.7 Å². The minimum atomic E-state index is -0.634. The lowest BCUT2D eigenvalue weighted by atomic mass is 10.2. The van der Waals surface area contributed by atoms with E-state index in [0.717, 1.165) is 0 Å². The highest BCUT2D eigenvalue weighted by atomic mass is 16.6. The number of nitrogens with one attached hydrogen (secondary N) is 1. The highest BCUT2D eigenvalue weighted by molar-refractivity contribution is 5.93. The molecule has 2 heterocycles. The number of amides is 1. The average molecular weight is 337 g/mol. The van der Waals surface area contributed by atoms with Gasteiger partial charge in [-0.1, -0.05) is 0 Å². The summed E-state index contributed by atoms with van der Waals surface area (Å²) in [4.78, 5) is 30.2. The van der Waals surface area contributed by atoms with E-state index < -0.39 is 17.7 Å². The molecule has 0 spiro atoms. The lowest BCUT2D eigenvalue weighted by Gasteiger charge is -2.28. The van der Waals surface area contributed by atoms with Crippen LogP contribution in [0.3, 0.4) is 0 Å². The second-order valence-electron chi connectivity index (χ2n) is 6.32. The third-order valence-corrected chi connectivity index (χ3v) is 3.20. The highest BCUT2D eigenvalue weighted by Gasteiger charge is 2.20. The van der Waals surface area contributed by atoms with Crippen molar-refractivity contribution in [3.63, 3.8) is 0 Å². The molecular weight excluding hydrogens is 314 g/mol. The summed E-state index contributed by atoms with van der Waals surface area (Å²) >= 11 is 0. The SMILES string of the molecule is COC(=O)c1cc(NC(=O)OC(C)(C)C)nc(N2CCOCC2)c1. The summed E-state index contributed by atoms with van der Waals surface area (Å²) < 4.78 is 15.3. The van der Waals surface area contributed by atoms with Crippen LogP contribution in [0.5, 0.6) is 0 Å². The van der Waals surface area contributed by atoms with Gasteiger partial charge in [0, 0.05) is 13.1 Å². The first-order valence-corrected chi connectivity index (χ1v) is 7.71. The van der Waals surface area contributed by atoms with Gasteiger partial charge >= 0.3 is 12.1 Å². The third-order valence-electron chi connectivity index (χ3n) is 3.20. The molecule has 0 bridgehead atoms. The number of nitrogens with zero attached hydrogens (tertiary/aromatic N) is 2. The van der Waals surface area contributed by atoms with Gasteiger partial charge in [0.05, 0.1) is 25.9 Å². The van der Waals surface area contributed by atoms with Crippen molar-refractivity contribution in [2.45, 2.75) is 26.4 Å². The molecule has 1 amide bonds. The molecule has 132 valence electrons. The van der Waals surface area contributed by atoms with Gasteiger partial charge in [0.25, 0.3) is 0 Å². The quantitative estimate of drug-likeness (QED) is 0.844. The van der Waals surface area contributed by atoms with E-state index in [1.807, 2.05) is 4.90 Å². The van der Waals surface area contributed by atoms with E-state index in [4.69, 9.17) is 14.2 Å². The summed E-state index contributed by atoms with van der Waals surface area (Å²) in [6.45, 7) is 7.78. The van der Waals surface area contributed by atoms with E-state index in [1.54, 1.807) is 26.8 Å². The Balaban J connectivity index is 2.25. The molecule has 24 heavy (non-hydrogen) atoms. The van der Waals surface area contributed by atoms with E-state index >= 15 is 0 Å². The number of esters is 1. The number of aromatic nitrogens is 1. The fourth-order valence-corrected chi connectivity index (χ4v) is 2.18. The third kappa shape index (κ3) is 5.09. The number of pyridine rings is 1. The second kappa shape index (κ2) is 7.48. The van der Waals surface area contributed by atoms with Gasteiger partial charge in [-0.2, -0.15) is 0 Å². The number of anilines is 2. The van der Waals surface area contributed by atoms with Crippen LogP contribution in [0.1, 0.15) is 31.1 Å². The Bertz CT molecular complexity index is 606. The Morgan fingerprint density at radius 2 is 1.92 bits per heavy atom. The predicted octanol–water partition coefficient (Wildman–Crippen LogP) is 2.05. The molecule has 1 aliphatic heterocycles. The molecule has 0 aromatic carbocycles. The molecule has 1 saturated heterocycles. The van der Waals surface area contributed by atoms with Crippen molar-refractivity contribution in [1.82, 2.24) is 4.98 Å². The first kappa shape index (κ1) is 18.0. The molecule has 1 fully saturated rings. The maximum atomic E-state index is 11.9. The van der Waals surface area contributed by atoms with Gasteiger partial charge in [-0.15, -0.1) is 0 Å². The monoisotopic (exact) mass is 337 g/mol. The van der Waals surface area contributed by atoms with Crippen LogP contribution in [0.4, 0.5) is 16.4 Å². The Morgan fingerprint density at radius 1 is 1.25 bits per heavy atom. The zero-order chi connectivity index (χ0) is 17.7. The van der Waals surface area contributed by atoms with Gasteiger partial charge < -0.3 is 19.1 Å². The summed E-state index contributed by atoms with van der Waals surface area (Å²) in [5.74, 6) is 0.306. The predicted molar refractivity (Wildman–Crippen MR) is 88.5 cm³/mol. The fourth-order valence-electron chi connectivity index (χ4n) is 2.18. The highest BCUT2D eigenvalue weighted by Crippen LogP contribution is 2.20. The number of ether oxygens (including phenoxy) is 3. The first-order valence-electron chi connectivity index (χ1n) is 7.71. The van der Waals surface area contributed by atoms with Crippen LogP contribution in [0.15, 0.2) is 12.1 Å². The second-order valence-corrected chi connectivity index (χ2v) is 6.32. The van der Waals surface area contributed by atoms with Crippen LogP contribution < -0.4 is 10.2 Å². The maximum absolute atomic E-state index is 11.9. The molecule has 0 saturated carbocycles. The zero-order valence-electron chi connectivity index (χ0n) is 14.4. The number of carbonyl (C=O) groups excluding carboxylic acids is 2. The van der Waals surface area contributed by atoms with Crippen molar-refractivity contribution in [2.75, 3.05) is 43.6 Å². The molecule has 1 aromatic heterocycles. The number of hydrogen-bond acceptors (Lipinski definition) is 7. The average Bonchev–Trinajstić information content (AvgIpc) is 2.52. The molecule has 0 atom stereocenters. The van der Waals surface area contributed by atoms with Crippen LogP contribution in [0, 0.1) is 0 Å². The molecule has 8 nitrogen and oxygen atoms in total. The van der Waals surface area contributed by atoms with Crippen LogP contribution >= 0.6 is 0 Å². The Kier molecular flexibility index (Phi) is 5.61. The Labute approximate surface area is 141 Å². The van der Waals surface area contributed by atoms with E-state index in [0.29, 0.717) is 37.7 Å². The van der Waals surface area contributed by atoms with Gasteiger partial charge in [-0.05, 0) is 32.9 Å². The molecule has 2 rings (SSSR count). The molecule has 0 aliphatic carbocycles. The zero-order valence-corrected chi connectivity index (χ0v) is 14.4. The van der Waals surface area contributed by atoms with E-state index in [-0.39, 0.29) is 5.82 Å². The molecular formula is C16H23N3O5. The van der Waals surface area contributed by atoms with Crippen molar-refractivity contribution >= 4 is 23.7 Å². The summed E-state index contributed by atoms with van der Waals surface area (Å²) in [5, 5.41) is 2.56. The van der Waals surface area contributed by atoms with Gasteiger partial charge in [0.2, 0.25) is 0 Å². The normalized spacial score (nSPS) is 14.9. The number of methoxy groups -OCH3 is 1. The van der Waals surface area contributed by atoms with E-state index in [9.17, 15) is 9.59 Å². The summed E-state index contributed by atoms with van der Waals surface area (Å²) in [6, 6.07) is 3.09. The Hall–Kier alpha value is -2.35. The molecule has 0 unspecified atom stereocenters. The number of morpholine rings is 1. The molecule has 1 N–H and O–H groups in total. The number of carbonyl (C=O) groups is 2. The maximum Gasteiger partial charge on any atom is 0.413 e. The van der Waals surface area contributed by atoms with Gasteiger partial charge in [0.15, 0.2) is 0 Å². The van der Waals surface area contributed by atoms with Crippen molar-refractivity contribution in [3.8, 4) is 0 Å². The van der Waals surface area contributed by atoms with Crippen molar-refractivity contribution in [2.24, 2.45) is 0 Å². The van der Waals surface area contributed by atoms with Gasteiger partial charge in [-0.25, -0.2) is 14.6 Å². The molecule has 0 radical (unpaired) electrons. The topological polar surface area (TPSA) is 90.0 Å². The molecule has 1 aromatic rings. The Morgan fingerprint density at radius 3 is 2.50 bits per heavy atom. The molecule has 8 heteroatoms. The first-order chi connectivity index (χ1) is 11.3. The fraction of sp³-hybridized carbons (Fsp3) is 0.562.